The maximum Gasteiger partial charge on any atom is 0.328 e. The molecule has 1 heterocycles. The molecule has 0 aliphatic rings. The zero-order valence-electron chi connectivity index (χ0n) is 7.93. The van der Waals surface area contributed by atoms with E-state index >= 15 is 0 Å². The molecule has 1 aromatic rings. The summed E-state index contributed by atoms with van der Waals surface area (Å²) in [5.41, 5.74) is 0.356. The van der Waals surface area contributed by atoms with Gasteiger partial charge in [-0.05, 0) is 6.92 Å². The lowest BCUT2D eigenvalue weighted by Crippen LogP contribution is -2.43. The summed E-state index contributed by atoms with van der Waals surface area (Å²) in [5, 5.41) is 19.3. The van der Waals surface area contributed by atoms with Gasteiger partial charge >= 0.3 is 5.97 Å². The van der Waals surface area contributed by atoms with Crippen LogP contribution in [-0.4, -0.2) is 39.7 Å². The minimum absolute atomic E-state index is 0.0605. The molecule has 0 saturated heterocycles. The molecule has 0 saturated carbocycles. The van der Waals surface area contributed by atoms with Crippen molar-refractivity contribution in [3.8, 4) is 0 Å². The topological polar surface area (TPSA) is 113 Å². The lowest BCUT2D eigenvalue weighted by atomic mass is 10.3. The molecule has 0 fully saturated rings. The third-order valence-corrected chi connectivity index (χ3v) is 1.74. The highest BCUT2D eigenvalue weighted by atomic mass is 16.4. The molecule has 0 bridgehead atoms. The van der Waals surface area contributed by atoms with Crippen LogP contribution in [0, 0.1) is 6.92 Å². The van der Waals surface area contributed by atoms with E-state index in [1.807, 2.05) is 0 Å². The summed E-state index contributed by atoms with van der Waals surface area (Å²) in [7, 11) is 0. The number of rotatable bonds is 4. The van der Waals surface area contributed by atoms with Gasteiger partial charge in [-0.15, -0.1) is 0 Å². The summed E-state index contributed by atoms with van der Waals surface area (Å²) in [6.45, 7) is 0.862. The number of carboxylic acids is 1. The largest absolute Gasteiger partial charge is 0.480 e. The molecule has 1 amide bonds. The molecule has 0 radical (unpaired) electrons. The highest BCUT2D eigenvalue weighted by molar-refractivity contribution is 5.95. The number of aryl methyl sites for hydroxylation is 1. The van der Waals surface area contributed by atoms with Crippen molar-refractivity contribution in [2.24, 2.45) is 0 Å². The van der Waals surface area contributed by atoms with Gasteiger partial charge in [0.05, 0.1) is 12.3 Å². The lowest BCUT2D eigenvalue weighted by Gasteiger charge is -2.09. The van der Waals surface area contributed by atoms with Gasteiger partial charge in [0.25, 0.3) is 5.91 Å². The number of hydrogen-bond acceptors (Lipinski definition) is 5. The van der Waals surface area contributed by atoms with Crippen LogP contribution in [-0.2, 0) is 4.79 Å². The van der Waals surface area contributed by atoms with Gasteiger partial charge in [-0.3, -0.25) is 4.79 Å². The summed E-state index contributed by atoms with van der Waals surface area (Å²) in [4.78, 5) is 25.6. The van der Waals surface area contributed by atoms with Crippen LogP contribution in [0.15, 0.2) is 10.8 Å². The molecule has 0 aromatic carbocycles. The van der Waals surface area contributed by atoms with Crippen molar-refractivity contribution < 1.29 is 24.2 Å². The van der Waals surface area contributed by atoms with Gasteiger partial charge < -0.3 is 19.9 Å². The molecule has 7 heteroatoms. The Morgan fingerprint density at radius 2 is 2.33 bits per heavy atom. The SMILES string of the molecule is Cc1ncoc1C(=O)N[C@H](CO)C(=O)O. The number of aromatic nitrogens is 1. The molecule has 1 atom stereocenters. The maximum absolute atomic E-state index is 11.4. The highest BCUT2D eigenvalue weighted by Crippen LogP contribution is 2.04. The Balaban J connectivity index is 2.71. The number of carbonyl (C=O) groups is 2. The fourth-order valence-electron chi connectivity index (χ4n) is 0.929. The minimum Gasteiger partial charge on any atom is -0.480 e. The van der Waals surface area contributed by atoms with E-state index in [2.05, 4.69) is 10.3 Å². The van der Waals surface area contributed by atoms with Gasteiger partial charge in [0.15, 0.2) is 12.4 Å². The third-order valence-electron chi connectivity index (χ3n) is 1.74. The van der Waals surface area contributed by atoms with Crippen molar-refractivity contribution in [2.45, 2.75) is 13.0 Å². The minimum atomic E-state index is -1.35. The first-order valence-electron chi connectivity index (χ1n) is 4.11. The average Bonchev–Trinajstić information content (AvgIpc) is 2.60. The number of carbonyl (C=O) groups excluding carboxylic acids is 1. The van der Waals surface area contributed by atoms with Crippen LogP contribution in [0.3, 0.4) is 0 Å². The predicted octanol–water partition coefficient (Wildman–Crippen LogP) is -0.842. The monoisotopic (exact) mass is 214 g/mol. The van der Waals surface area contributed by atoms with E-state index in [1.165, 1.54) is 0 Å². The van der Waals surface area contributed by atoms with E-state index in [4.69, 9.17) is 14.6 Å². The van der Waals surface area contributed by atoms with Crippen molar-refractivity contribution in [1.82, 2.24) is 10.3 Å². The zero-order chi connectivity index (χ0) is 11.4. The summed E-state index contributed by atoms with van der Waals surface area (Å²) in [6.07, 6.45) is 1.08. The predicted molar refractivity (Wildman–Crippen MR) is 47.2 cm³/mol. The van der Waals surface area contributed by atoms with E-state index in [9.17, 15) is 9.59 Å². The van der Waals surface area contributed by atoms with E-state index in [1.54, 1.807) is 6.92 Å². The van der Waals surface area contributed by atoms with E-state index in [0.29, 0.717) is 5.69 Å². The van der Waals surface area contributed by atoms with Crippen LogP contribution in [0.4, 0.5) is 0 Å². The molecule has 82 valence electrons. The zero-order valence-corrected chi connectivity index (χ0v) is 7.93. The molecule has 3 N–H and O–H groups in total. The average molecular weight is 214 g/mol. The number of carboxylic acid groups (broad SMARTS) is 1. The van der Waals surface area contributed by atoms with Crippen molar-refractivity contribution in [1.29, 1.82) is 0 Å². The number of nitrogens with zero attached hydrogens (tertiary/aromatic N) is 1. The summed E-state index contributed by atoms with van der Waals surface area (Å²) in [5.74, 6) is -2.09. The standard InChI is InChI=1S/C8H10N2O5/c1-4-6(15-3-9-4)7(12)10-5(2-11)8(13)14/h3,5,11H,2H2,1H3,(H,10,12)(H,13,14)/t5-/m1/s1. The Morgan fingerprint density at radius 3 is 2.73 bits per heavy atom. The van der Waals surface area contributed by atoms with Crippen LogP contribution < -0.4 is 5.32 Å². The quantitative estimate of drug-likeness (QED) is 0.602. The number of nitrogens with one attached hydrogen (secondary N) is 1. The first-order chi connectivity index (χ1) is 7.06. The molecule has 0 aliphatic heterocycles. The normalized spacial score (nSPS) is 12.1. The molecule has 0 spiro atoms. The second-order valence-corrected chi connectivity index (χ2v) is 2.81. The van der Waals surface area contributed by atoms with Crippen LogP contribution in [0.5, 0.6) is 0 Å². The maximum atomic E-state index is 11.4. The number of amides is 1. The van der Waals surface area contributed by atoms with E-state index in [0.717, 1.165) is 6.39 Å². The summed E-state index contributed by atoms with van der Waals surface area (Å²) < 4.78 is 4.75. The van der Waals surface area contributed by atoms with Crippen LogP contribution in [0.1, 0.15) is 16.2 Å². The van der Waals surface area contributed by atoms with Gasteiger partial charge in [-0.2, -0.15) is 0 Å². The van der Waals surface area contributed by atoms with Crippen LogP contribution >= 0.6 is 0 Å². The molecule has 15 heavy (non-hydrogen) atoms. The highest BCUT2D eigenvalue weighted by Gasteiger charge is 2.22. The Bertz CT molecular complexity index is 373. The van der Waals surface area contributed by atoms with Gasteiger partial charge in [-0.1, -0.05) is 0 Å². The Labute approximate surface area is 84.7 Å². The van der Waals surface area contributed by atoms with Crippen molar-refractivity contribution in [2.75, 3.05) is 6.61 Å². The molecular weight excluding hydrogens is 204 g/mol. The molecule has 1 aromatic heterocycles. The third kappa shape index (κ3) is 2.53. The van der Waals surface area contributed by atoms with Gasteiger partial charge in [-0.25, -0.2) is 9.78 Å². The fraction of sp³-hybridized carbons (Fsp3) is 0.375. The second kappa shape index (κ2) is 4.56. The van der Waals surface area contributed by atoms with Gasteiger partial charge in [0, 0.05) is 0 Å². The van der Waals surface area contributed by atoms with Crippen molar-refractivity contribution in [3.05, 3.63) is 17.8 Å². The van der Waals surface area contributed by atoms with Gasteiger partial charge in [0.2, 0.25) is 5.76 Å². The molecular formula is C8H10N2O5. The molecule has 7 nitrogen and oxygen atoms in total. The Kier molecular flexibility index (Phi) is 3.40. The lowest BCUT2D eigenvalue weighted by molar-refractivity contribution is -0.140. The fourth-order valence-corrected chi connectivity index (χ4v) is 0.929. The summed E-state index contributed by atoms with van der Waals surface area (Å²) >= 11 is 0. The van der Waals surface area contributed by atoms with Crippen molar-refractivity contribution >= 4 is 11.9 Å². The second-order valence-electron chi connectivity index (χ2n) is 2.81. The Morgan fingerprint density at radius 1 is 1.67 bits per heavy atom. The summed E-state index contributed by atoms with van der Waals surface area (Å²) in [6, 6.07) is -1.35. The number of aliphatic hydroxyl groups is 1. The van der Waals surface area contributed by atoms with Crippen molar-refractivity contribution in [3.63, 3.8) is 0 Å². The number of hydrogen-bond donors (Lipinski definition) is 3. The Hall–Kier alpha value is -1.89. The smallest absolute Gasteiger partial charge is 0.328 e. The molecule has 0 aliphatic carbocycles. The molecule has 1 rings (SSSR count). The van der Waals surface area contributed by atoms with E-state index < -0.39 is 24.5 Å². The van der Waals surface area contributed by atoms with Crippen LogP contribution in [0.25, 0.3) is 0 Å². The number of oxazole rings is 1. The number of aliphatic carboxylic acids is 1. The van der Waals surface area contributed by atoms with E-state index in [-0.39, 0.29) is 5.76 Å². The van der Waals surface area contributed by atoms with Gasteiger partial charge in [0.1, 0.15) is 0 Å². The van der Waals surface area contributed by atoms with Crippen LogP contribution in [0.2, 0.25) is 0 Å². The first-order valence-corrected chi connectivity index (χ1v) is 4.11. The first kappa shape index (κ1) is 11.2. The molecule has 0 unspecified atom stereocenters. The number of aliphatic hydroxyl groups excluding tert-OH is 1.